The lowest BCUT2D eigenvalue weighted by Crippen LogP contribution is -2.37. The van der Waals surface area contributed by atoms with Crippen molar-refractivity contribution in [2.24, 2.45) is 5.92 Å². The van der Waals surface area contributed by atoms with E-state index in [1.54, 1.807) is 21.3 Å². The number of likely N-dealkylation sites (tertiary alicyclic amines) is 1. The number of methoxy groups -OCH3 is 3. The zero-order valence-corrected chi connectivity index (χ0v) is 14.9. The maximum Gasteiger partial charge on any atom is 0.130 e. The van der Waals surface area contributed by atoms with Crippen LogP contribution >= 0.6 is 0 Å². The van der Waals surface area contributed by atoms with Crippen LogP contribution in [-0.2, 0) is 6.54 Å². The van der Waals surface area contributed by atoms with Crippen molar-refractivity contribution in [2.75, 3.05) is 47.5 Å². The molecule has 2 rings (SSSR count). The first-order chi connectivity index (χ1) is 11.2. The van der Waals surface area contributed by atoms with E-state index in [-0.39, 0.29) is 0 Å². The molecule has 0 bridgehead atoms. The van der Waals surface area contributed by atoms with Crippen molar-refractivity contribution in [3.63, 3.8) is 0 Å². The molecule has 0 spiro atoms. The van der Waals surface area contributed by atoms with Crippen LogP contribution < -0.4 is 19.5 Å². The molecule has 5 nitrogen and oxygen atoms in total. The normalized spacial score (nSPS) is 16.3. The standard InChI is InChI=1S/C18H30N2O3/c1-14-5-8-20(9-6-14)10-7-19-13-16-17(22-3)11-15(21-2)12-18(16)23-4/h11-12,14,19H,5-10,13H2,1-4H3. The summed E-state index contributed by atoms with van der Waals surface area (Å²) in [6.45, 7) is 7.56. The first-order valence-corrected chi connectivity index (χ1v) is 8.40. The van der Waals surface area contributed by atoms with Crippen molar-refractivity contribution in [2.45, 2.75) is 26.3 Å². The lowest BCUT2D eigenvalue weighted by molar-refractivity contribution is 0.193. The van der Waals surface area contributed by atoms with Crippen LogP contribution in [0.2, 0.25) is 0 Å². The summed E-state index contributed by atoms with van der Waals surface area (Å²) in [5.41, 5.74) is 1.03. The van der Waals surface area contributed by atoms with E-state index >= 15 is 0 Å². The van der Waals surface area contributed by atoms with Crippen LogP contribution in [0.5, 0.6) is 17.2 Å². The highest BCUT2D eigenvalue weighted by molar-refractivity contribution is 5.50. The van der Waals surface area contributed by atoms with Crippen molar-refractivity contribution in [1.29, 1.82) is 0 Å². The third-order valence-corrected chi connectivity index (χ3v) is 4.60. The summed E-state index contributed by atoms with van der Waals surface area (Å²) >= 11 is 0. The van der Waals surface area contributed by atoms with E-state index in [0.717, 1.165) is 48.4 Å². The maximum absolute atomic E-state index is 5.48. The Kier molecular flexibility index (Phi) is 6.99. The monoisotopic (exact) mass is 322 g/mol. The van der Waals surface area contributed by atoms with E-state index < -0.39 is 0 Å². The number of nitrogens with one attached hydrogen (secondary N) is 1. The molecule has 0 saturated carbocycles. The van der Waals surface area contributed by atoms with Gasteiger partial charge < -0.3 is 24.4 Å². The van der Waals surface area contributed by atoms with Gasteiger partial charge in [0.15, 0.2) is 0 Å². The highest BCUT2D eigenvalue weighted by Crippen LogP contribution is 2.33. The molecule has 1 aromatic carbocycles. The minimum Gasteiger partial charge on any atom is -0.496 e. The van der Waals surface area contributed by atoms with Crippen LogP contribution in [0.1, 0.15) is 25.3 Å². The van der Waals surface area contributed by atoms with Crippen LogP contribution in [0.3, 0.4) is 0 Å². The molecule has 0 radical (unpaired) electrons. The number of hydrogen-bond acceptors (Lipinski definition) is 5. The molecule has 1 aromatic rings. The molecule has 0 aliphatic carbocycles. The number of piperidine rings is 1. The predicted octanol–water partition coefficient (Wildman–Crippen LogP) is 2.53. The van der Waals surface area contributed by atoms with E-state index in [9.17, 15) is 0 Å². The van der Waals surface area contributed by atoms with E-state index in [4.69, 9.17) is 14.2 Å². The lowest BCUT2D eigenvalue weighted by atomic mass is 9.99. The number of benzene rings is 1. The minimum absolute atomic E-state index is 0.723. The van der Waals surface area contributed by atoms with Gasteiger partial charge in [-0.1, -0.05) is 6.92 Å². The van der Waals surface area contributed by atoms with Crippen molar-refractivity contribution < 1.29 is 14.2 Å². The highest BCUT2D eigenvalue weighted by Gasteiger charge is 2.16. The molecular formula is C18H30N2O3. The van der Waals surface area contributed by atoms with E-state index in [1.165, 1.54) is 25.9 Å². The van der Waals surface area contributed by atoms with Crippen LogP contribution in [0, 0.1) is 5.92 Å². The Labute approximate surface area is 139 Å². The van der Waals surface area contributed by atoms with Crippen LogP contribution in [-0.4, -0.2) is 52.4 Å². The summed E-state index contributed by atoms with van der Waals surface area (Å²) in [6.07, 6.45) is 2.64. The molecule has 1 saturated heterocycles. The topological polar surface area (TPSA) is 43.0 Å². The Morgan fingerprint density at radius 3 is 2.17 bits per heavy atom. The second-order valence-electron chi connectivity index (χ2n) is 6.21. The lowest BCUT2D eigenvalue weighted by Gasteiger charge is -2.30. The number of nitrogens with zero attached hydrogens (tertiary/aromatic N) is 1. The molecule has 0 unspecified atom stereocenters. The molecule has 1 heterocycles. The molecule has 0 amide bonds. The van der Waals surface area contributed by atoms with Crippen molar-refractivity contribution >= 4 is 0 Å². The Hall–Kier alpha value is -1.46. The molecule has 23 heavy (non-hydrogen) atoms. The first kappa shape index (κ1) is 17.9. The summed E-state index contributed by atoms with van der Waals surface area (Å²) in [7, 11) is 4.99. The third-order valence-electron chi connectivity index (χ3n) is 4.60. The average molecular weight is 322 g/mol. The number of rotatable bonds is 8. The fraction of sp³-hybridized carbons (Fsp3) is 0.667. The molecule has 1 aliphatic rings. The van der Waals surface area contributed by atoms with Crippen molar-refractivity contribution in [3.8, 4) is 17.2 Å². The van der Waals surface area contributed by atoms with E-state index in [0.29, 0.717) is 0 Å². The van der Waals surface area contributed by atoms with Crippen LogP contribution in [0.25, 0.3) is 0 Å². The molecule has 1 aliphatic heterocycles. The summed E-state index contributed by atoms with van der Waals surface area (Å²) in [4.78, 5) is 2.54. The minimum atomic E-state index is 0.723. The van der Waals surface area contributed by atoms with Gasteiger partial charge in [0.2, 0.25) is 0 Å². The van der Waals surface area contributed by atoms with Gasteiger partial charge in [-0.3, -0.25) is 0 Å². The van der Waals surface area contributed by atoms with Gasteiger partial charge in [-0.05, 0) is 31.8 Å². The summed E-state index contributed by atoms with van der Waals surface area (Å²) < 4.78 is 16.2. The molecule has 1 N–H and O–H groups in total. The Bertz CT molecular complexity index is 460. The van der Waals surface area contributed by atoms with Gasteiger partial charge in [0.25, 0.3) is 0 Å². The maximum atomic E-state index is 5.48. The van der Waals surface area contributed by atoms with Gasteiger partial charge >= 0.3 is 0 Å². The Morgan fingerprint density at radius 1 is 1.04 bits per heavy atom. The summed E-state index contributed by atoms with van der Waals surface area (Å²) in [5, 5.41) is 3.50. The molecular weight excluding hydrogens is 292 g/mol. The van der Waals surface area contributed by atoms with Crippen LogP contribution in [0.4, 0.5) is 0 Å². The first-order valence-electron chi connectivity index (χ1n) is 8.40. The quantitative estimate of drug-likeness (QED) is 0.745. The van der Waals surface area contributed by atoms with E-state index in [1.807, 2.05) is 12.1 Å². The fourth-order valence-corrected chi connectivity index (χ4v) is 2.99. The van der Waals surface area contributed by atoms with Gasteiger partial charge in [0, 0.05) is 31.8 Å². The molecule has 130 valence electrons. The summed E-state index contributed by atoms with van der Waals surface area (Å²) in [5.74, 6) is 3.21. The van der Waals surface area contributed by atoms with Crippen molar-refractivity contribution in [1.82, 2.24) is 10.2 Å². The smallest absolute Gasteiger partial charge is 0.130 e. The molecule has 0 aromatic heterocycles. The predicted molar refractivity (Wildman–Crippen MR) is 92.6 cm³/mol. The van der Waals surface area contributed by atoms with Gasteiger partial charge in [0.05, 0.1) is 26.9 Å². The SMILES string of the molecule is COc1cc(OC)c(CNCCN2CCC(C)CC2)c(OC)c1. The third kappa shape index (κ3) is 5.01. The second kappa shape index (κ2) is 8.99. The molecule has 0 atom stereocenters. The molecule has 1 fully saturated rings. The zero-order chi connectivity index (χ0) is 16.7. The summed E-state index contributed by atoms with van der Waals surface area (Å²) in [6, 6.07) is 3.79. The largest absolute Gasteiger partial charge is 0.496 e. The Morgan fingerprint density at radius 2 is 1.65 bits per heavy atom. The van der Waals surface area contributed by atoms with Crippen LogP contribution in [0.15, 0.2) is 12.1 Å². The van der Waals surface area contributed by atoms with Gasteiger partial charge in [0.1, 0.15) is 17.2 Å². The van der Waals surface area contributed by atoms with Gasteiger partial charge in [-0.25, -0.2) is 0 Å². The number of ether oxygens (including phenoxy) is 3. The van der Waals surface area contributed by atoms with Gasteiger partial charge in [-0.15, -0.1) is 0 Å². The highest BCUT2D eigenvalue weighted by atomic mass is 16.5. The number of hydrogen-bond donors (Lipinski definition) is 1. The van der Waals surface area contributed by atoms with E-state index in [2.05, 4.69) is 17.1 Å². The zero-order valence-electron chi connectivity index (χ0n) is 14.9. The second-order valence-corrected chi connectivity index (χ2v) is 6.21. The van der Waals surface area contributed by atoms with Crippen molar-refractivity contribution in [3.05, 3.63) is 17.7 Å². The van der Waals surface area contributed by atoms with Gasteiger partial charge in [-0.2, -0.15) is 0 Å². The molecule has 5 heteroatoms. The fourth-order valence-electron chi connectivity index (χ4n) is 2.99. The average Bonchev–Trinajstić information content (AvgIpc) is 2.59. The Balaban J connectivity index is 1.87.